The van der Waals surface area contributed by atoms with E-state index < -0.39 is 20.4 Å². The molecule has 0 amide bonds. The minimum Gasteiger partial charge on any atom is -0.192 e. The van der Waals surface area contributed by atoms with Gasteiger partial charge in [-0.25, -0.2) is 0 Å². The van der Waals surface area contributed by atoms with Gasteiger partial charge in [-0.05, 0) is 32.3 Å². The Hall–Kier alpha value is -1.48. The van der Waals surface area contributed by atoms with E-state index in [0.29, 0.717) is 12.8 Å². The van der Waals surface area contributed by atoms with E-state index >= 15 is 0 Å². The molecule has 0 fully saturated rings. The maximum Gasteiger partial charge on any atom is 0.457 e. The number of alkyl halides is 5. The molecule has 6 heteroatoms. The molecule has 0 N–H and O–H groups in total. The van der Waals surface area contributed by atoms with Gasteiger partial charge in [-0.15, -0.1) is 0 Å². The highest BCUT2D eigenvalue weighted by atomic mass is 31.1. The summed E-state index contributed by atoms with van der Waals surface area (Å²) >= 11 is 0. The Morgan fingerprint density at radius 2 is 1.17 bits per heavy atom. The smallest absolute Gasteiger partial charge is 0.192 e. The van der Waals surface area contributed by atoms with E-state index in [4.69, 9.17) is 0 Å². The molecule has 0 aliphatic rings. The molecule has 0 radical (unpaired) electrons. The molecule has 0 aliphatic carbocycles. The van der Waals surface area contributed by atoms with Gasteiger partial charge in [0.15, 0.2) is 0 Å². The summed E-state index contributed by atoms with van der Waals surface area (Å²) in [5, 5.41) is 0. The van der Waals surface area contributed by atoms with Gasteiger partial charge >= 0.3 is 11.8 Å². The standard InChI is InChI=1S/C12H10.C6H10F5P/c1-3-7-11(8-4-1)12-9-5-2-6-10-12;1-2-3-4-12-6(10,11)5(7,8)9/h1-10H;12H,2-4H2,1H3. The second-order valence-corrected chi connectivity index (χ2v) is 6.57. The van der Waals surface area contributed by atoms with Crippen LogP contribution in [0.15, 0.2) is 60.7 Å². The first-order valence-electron chi connectivity index (χ1n) is 7.58. The van der Waals surface area contributed by atoms with E-state index in [9.17, 15) is 22.0 Å². The Morgan fingerprint density at radius 1 is 0.750 bits per heavy atom. The van der Waals surface area contributed by atoms with Crippen molar-refractivity contribution >= 4 is 8.58 Å². The maximum absolute atomic E-state index is 12.1. The quantitative estimate of drug-likeness (QED) is 0.306. The highest BCUT2D eigenvalue weighted by Crippen LogP contribution is 2.48. The number of halogens is 5. The van der Waals surface area contributed by atoms with E-state index in [2.05, 4.69) is 48.5 Å². The third kappa shape index (κ3) is 6.96. The van der Waals surface area contributed by atoms with Crippen LogP contribution in [0.1, 0.15) is 19.8 Å². The molecule has 0 heterocycles. The Morgan fingerprint density at radius 3 is 1.50 bits per heavy atom. The van der Waals surface area contributed by atoms with Crippen molar-refractivity contribution < 1.29 is 22.0 Å². The van der Waals surface area contributed by atoms with Crippen LogP contribution in [-0.4, -0.2) is 18.0 Å². The van der Waals surface area contributed by atoms with Crippen molar-refractivity contribution in [2.45, 2.75) is 31.6 Å². The van der Waals surface area contributed by atoms with Gasteiger partial charge in [0.1, 0.15) is 0 Å². The molecule has 24 heavy (non-hydrogen) atoms. The molecule has 0 aliphatic heterocycles. The number of hydrogen-bond donors (Lipinski definition) is 0. The number of rotatable bonds is 5. The summed E-state index contributed by atoms with van der Waals surface area (Å²) in [7, 11) is -1.34. The molecule has 0 spiro atoms. The lowest BCUT2D eigenvalue weighted by Gasteiger charge is -2.18. The summed E-state index contributed by atoms with van der Waals surface area (Å²) in [5.74, 6) is 0. The van der Waals surface area contributed by atoms with Gasteiger partial charge in [0.2, 0.25) is 0 Å². The predicted molar refractivity (Wildman–Crippen MR) is 91.0 cm³/mol. The van der Waals surface area contributed by atoms with Crippen molar-refractivity contribution in [2.24, 2.45) is 0 Å². The van der Waals surface area contributed by atoms with Crippen molar-refractivity contribution in [3.8, 4) is 11.1 Å². The molecule has 0 aromatic heterocycles. The lowest BCUT2D eigenvalue weighted by molar-refractivity contribution is -0.239. The minimum atomic E-state index is -5.38. The summed E-state index contributed by atoms with van der Waals surface area (Å²) < 4.78 is 58.8. The van der Waals surface area contributed by atoms with Crippen LogP contribution in [-0.2, 0) is 0 Å². The van der Waals surface area contributed by atoms with E-state index in [1.807, 2.05) is 12.1 Å². The zero-order valence-electron chi connectivity index (χ0n) is 13.3. The molecule has 1 atom stereocenters. The maximum atomic E-state index is 12.1. The Kier molecular flexibility index (Phi) is 8.34. The monoisotopic (exact) mass is 362 g/mol. The lowest BCUT2D eigenvalue weighted by Crippen LogP contribution is -2.31. The molecule has 1 unspecified atom stereocenters. The molecule has 0 nitrogen and oxygen atoms in total. The normalized spacial score (nSPS) is 12.1. The van der Waals surface area contributed by atoms with E-state index in [0.717, 1.165) is 0 Å². The van der Waals surface area contributed by atoms with Crippen LogP contribution in [0.3, 0.4) is 0 Å². The Labute approximate surface area is 140 Å². The van der Waals surface area contributed by atoms with Crippen molar-refractivity contribution in [3.63, 3.8) is 0 Å². The Bertz CT molecular complexity index is 529. The number of unbranched alkanes of at least 4 members (excludes halogenated alkanes) is 1. The zero-order chi connectivity index (χ0) is 18.1. The third-order valence-electron chi connectivity index (χ3n) is 3.11. The summed E-state index contributed by atoms with van der Waals surface area (Å²) in [6.07, 6.45) is -4.37. The van der Waals surface area contributed by atoms with E-state index in [-0.39, 0.29) is 6.16 Å². The van der Waals surface area contributed by atoms with Crippen LogP contribution in [0.2, 0.25) is 0 Å². The van der Waals surface area contributed by atoms with Crippen molar-refractivity contribution in [3.05, 3.63) is 60.7 Å². The fourth-order valence-corrected chi connectivity index (χ4v) is 2.83. The Balaban J connectivity index is 0.000000240. The summed E-state index contributed by atoms with van der Waals surface area (Å²) in [6.45, 7) is 1.75. The lowest BCUT2D eigenvalue weighted by atomic mass is 10.1. The number of benzene rings is 2. The highest BCUT2D eigenvalue weighted by molar-refractivity contribution is 7.39. The van der Waals surface area contributed by atoms with Crippen molar-refractivity contribution in [1.29, 1.82) is 0 Å². The molecule has 0 bridgehead atoms. The van der Waals surface area contributed by atoms with Crippen LogP contribution in [0.4, 0.5) is 22.0 Å². The van der Waals surface area contributed by atoms with Crippen LogP contribution < -0.4 is 0 Å². The third-order valence-corrected chi connectivity index (χ3v) is 4.45. The summed E-state index contributed by atoms with van der Waals surface area (Å²) in [6, 6.07) is 20.8. The fraction of sp³-hybridized carbons (Fsp3) is 0.333. The summed E-state index contributed by atoms with van der Waals surface area (Å²) in [5.41, 5.74) is -1.93. The van der Waals surface area contributed by atoms with Crippen LogP contribution in [0, 0.1) is 0 Å². The van der Waals surface area contributed by atoms with Crippen molar-refractivity contribution in [2.75, 3.05) is 6.16 Å². The molecule has 2 aromatic rings. The largest absolute Gasteiger partial charge is 0.457 e. The average molecular weight is 362 g/mol. The zero-order valence-corrected chi connectivity index (χ0v) is 14.3. The molecular formula is C18H20F5P. The second kappa shape index (κ2) is 9.73. The van der Waals surface area contributed by atoms with Gasteiger partial charge in [0.25, 0.3) is 0 Å². The molecule has 132 valence electrons. The molecule has 0 saturated heterocycles. The first-order valence-corrected chi connectivity index (χ1v) is 8.78. The first-order chi connectivity index (χ1) is 11.3. The first kappa shape index (κ1) is 20.6. The van der Waals surface area contributed by atoms with Gasteiger partial charge in [-0.2, -0.15) is 22.0 Å². The van der Waals surface area contributed by atoms with Crippen LogP contribution >= 0.6 is 8.58 Å². The summed E-state index contributed by atoms with van der Waals surface area (Å²) in [4.78, 5) is 0. The number of hydrogen-bond acceptors (Lipinski definition) is 0. The topological polar surface area (TPSA) is 0 Å². The minimum absolute atomic E-state index is 0.0526. The SMILES string of the molecule is CCCCPC(F)(F)C(F)(F)F.c1ccc(-c2ccccc2)cc1. The molecular weight excluding hydrogens is 342 g/mol. The average Bonchev–Trinajstić information content (AvgIpc) is 2.56. The van der Waals surface area contributed by atoms with Crippen LogP contribution in [0.5, 0.6) is 0 Å². The van der Waals surface area contributed by atoms with E-state index in [1.165, 1.54) is 11.1 Å². The van der Waals surface area contributed by atoms with Gasteiger partial charge in [0.05, 0.1) is 0 Å². The predicted octanol–water partition coefficient (Wildman–Crippen LogP) is 6.97. The molecule has 2 rings (SSSR count). The molecule has 2 aromatic carbocycles. The van der Waals surface area contributed by atoms with Crippen LogP contribution in [0.25, 0.3) is 11.1 Å². The van der Waals surface area contributed by atoms with Gasteiger partial charge in [0, 0.05) is 0 Å². The second-order valence-electron chi connectivity index (χ2n) is 5.08. The van der Waals surface area contributed by atoms with Gasteiger partial charge < -0.3 is 0 Å². The fourth-order valence-electron chi connectivity index (χ4n) is 1.78. The van der Waals surface area contributed by atoms with Crippen molar-refractivity contribution in [1.82, 2.24) is 0 Å². The highest BCUT2D eigenvalue weighted by Gasteiger charge is 2.56. The van der Waals surface area contributed by atoms with E-state index in [1.54, 1.807) is 6.92 Å². The van der Waals surface area contributed by atoms with Gasteiger partial charge in [-0.3, -0.25) is 0 Å². The molecule has 0 saturated carbocycles. The van der Waals surface area contributed by atoms with Gasteiger partial charge in [-0.1, -0.05) is 74.0 Å².